The van der Waals surface area contributed by atoms with Crippen LogP contribution in [-0.2, 0) is 14.3 Å². The highest BCUT2D eigenvalue weighted by Gasteiger charge is 2.43. The van der Waals surface area contributed by atoms with Crippen LogP contribution in [0.25, 0.3) is 0 Å². The molecule has 10 nitrogen and oxygen atoms in total. The van der Waals surface area contributed by atoms with Crippen LogP contribution in [-0.4, -0.2) is 69.1 Å². The molecular formula is C13H21N3O7. The fourth-order valence-corrected chi connectivity index (χ4v) is 2.39. The zero-order chi connectivity index (χ0) is 17.7. The Hall–Kier alpha value is -2.17. The van der Waals surface area contributed by atoms with E-state index in [1.165, 1.54) is 6.92 Å². The van der Waals surface area contributed by atoms with E-state index in [9.17, 15) is 19.8 Å². The zero-order valence-electron chi connectivity index (χ0n) is 12.5. The molecule has 8 N–H and O–H groups in total. The number of ether oxygens (including phenoxy) is 1. The number of carbonyl (C=O) groups excluding carboxylic acids is 1. The molecular weight excluding hydrogens is 310 g/mol. The van der Waals surface area contributed by atoms with Crippen molar-refractivity contribution in [1.82, 2.24) is 0 Å². The first kappa shape index (κ1) is 18.9. The van der Waals surface area contributed by atoms with Gasteiger partial charge in [-0.3, -0.25) is 0 Å². The Labute approximate surface area is 132 Å². The minimum atomic E-state index is -1.64. The molecule has 0 aromatic carbocycles. The van der Waals surface area contributed by atoms with Crippen molar-refractivity contribution in [2.45, 2.75) is 37.7 Å². The van der Waals surface area contributed by atoms with E-state index in [1.807, 2.05) is 0 Å². The molecule has 10 heteroatoms. The Morgan fingerprint density at radius 1 is 1.39 bits per heavy atom. The van der Waals surface area contributed by atoms with Crippen LogP contribution >= 0.6 is 0 Å². The van der Waals surface area contributed by atoms with Crippen molar-refractivity contribution >= 4 is 17.7 Å². The van der Waals surface area contributed by atoms with E-state index in [4.69, 9.17) is 26.4 Å². The maximum Gasteiger partial charge on any atom is 0.370 e. The van der Waals surface area contributed by atoms with E-state index in [2.05, 4.69) is 4.99 Å². The van der Waals surface area contributed by atoms with E-state index in [-0.39, 0.29) is 18.2 Å². The van der Waals surface area contributed by atoms with Crippen LogP contribution in [0.3, 0.4) is 0 Å². The maximum absolute atomic E-state index is 11.5. The highest BCUT2D eigenvalue weighted by Crippen LogP contribution is 2.31. The van der Waals surface area contributed by atoms with Crippen molar-refractivity contribution in [2.75, 3.05) is 6.61 Å². The van der Waals surface area contributed by atoms with Crippen molar-refractivity contribution in [3.63, 3.8) is 0 Å². The van der Waals surface area contributed by atoms with Gasteiger partial charge in [-0.25, -0.2) is 9.79 Å². The quantitative estimate of drug-likeness (QED) is 0.213. The number of Topliss-reactive ketones (excluding diaryl/α,β-unsaturated/α-hetero) is 1. The SMILES string of the molecule is CC(=O)C[C@H]1[C@H]([C@H](O)[C@H](O)CO)OC(C(=O)O)=C[C@@H]1N=C(N)N. The Morgan fingerprint density at radius 2 is 2.00 bits per heavy atom. The molecule has 0 aromatic rings. The second kappa shape index (κ2) is 7.90. The molecule has 0 fully saturated rings. The number of rotatable bonds is 7. The number of guanidine groups is 1. The van der Waals surface area contributed by atoms with Crippen LogP contribution in [0.5, 0.6) is 0 Å². The Morgan fingerprint density at radius 3 is 2.43 bits per heavy atom. The number of aliphatic hydroxyl groups is 3. The summed E-state index contributed by atoms with van der Waals surface area (Å²) in [6, 6.07) is -0.936. The second-order valence-electron chi connectivity index (χ2n) is 5.27. The number of aliphatic carboxylic acids is 1. The van der Waals surface area contributed by atoms with Crippen LogP contribution in [0.15, 0.2) is 16.8 Å². The fourth-order valence-electron chi connectivity index (χ4n) is 2.39. The van der Waals surface area contributed by atoms with E-state index < -0.39 is 48.6 Å². The van der Waals surface area contributed by atoms with E-state index in [0.29, 0.717) is 0 Å². The van der Waals surface area contributed by atoms with Crippen LogP contribution in [0.2, 0.25) is 0 Å². The highest BCUT2D eigenvalue weighted by molar-refractivity contribution is 5.85. The molecule has 0 spiro atoms. The van der Waals surface area contributed by atoms with Gasteiger partial charge in [0, 0.05) is 12.3 Å². The van der Waals surface area contributed by atoms with Gasteiger partial charge in [0.05, 0.1) is 12.6 Å². The molecule has 0 saturated heterocycles. The van der Waals surface area contributed by atoms with Gasteiger partial charge in [0.1, 0.15) is 24.1 Å². The average Bonchev–Trinajstić information content (AvgIpc) is 2.45. The number of nitrogens with zero attached hydrogens (tertiary/aromatic N) is 1. The summed E-state index contributed by atoms with van der Waals surface area (Å²) in [5.74, 6) is -3.35. The molecule has 0 bridgehead atoms. The number of aliphatic imine (C=N–C) groups is 1. The summed E-state index contributed by atoms with van der Waals surface area (Å²) in [5.41, 5.74) is 10.6. The standard InChI is InChI=1S/C13H21N3O7/c1-5(18)2-6-7(16-13(14)15)3-9(12(21)22)23-11(6)10(20)8(19)4-17/h3,6-8,10-11,17,19-20H,2,4H2,1H3,(H,21,22)(H4,14,15,16)/t6-,7+,8-,10-,11-/m1/s1. The molecule has 1 aliphatic heterocycles. The predicted molar refractivity (Wildman–Crippen MR) is 78.1 cm³/mol. The van der Waals surface area contributed by atoms with Crippen LogP contribution in [0.1, 0.15) is 13.3 Å². The first-order valence-corrected chi connectivity index (χ1v) is 6.84. The molecule has 0 radical (unpaired) electrons. The zero-order valence-corrected chi connectivity index (χ0v) is 12.5. The molecule has 0 unspecified atom stereocenters. The van der Waals surface area contributed by atoms with Crippen molar-refractivity contribution in [3.05, 3.63) is 11.8 Å². The second-order valence-corrected chi connectivity index (χ2v) is 5.27. The first-order valence-electron chi connectivity index (χ1n) is 6.84. The van der Waals surface area contributed by atoms with Gasteiger partial charge in [-0.15, -0.1) is 0 Å². The molecule has 0 saturated carbocycles. The molecule has 1 rings (SSSR count). The van der Waals surface area contributed by atoms with Crippen molar-refractivity contribution in [2.24, 2.45) is 22.4 Å². The van der Waals surface area contributed by atoms with Gasteiger partial charge < -0.3 is 41.4 Å². The van der Waals surface area contributed by atoms with Gasteiger partial charge in [0.2, 0.25) is 5.76 Å². The fraction of sp³-hybridized carbons (Fsp3) is 0.615. The Bertz CT molecular complexity index is 516. The van der Waals surface area contributed by atoms with Crippen molar-refractivity contribution in [1.29, 1.82) is 0 Å². The summed E-state index contributed by atoms with van der Waals surface area (Å²) in [6.07, 6.45) is -3.49. The number of carboxylic acids is 1. The van der Waals surface area contributed by atoms with Gasteiger partial charge in [0.15, 0.2) is 5.96 Å². The summed E-state index contributed by atoms with van der Waals surface area (Å²) in [7, 11) is 0. The molecule has 5 atom stereocenters. The third-order valence-electron chi connectivity index (χ3n) is 3.40. The molecule has 130 valence electrons. The average molecular weight is 331 g/mol. The molecule has 0 aliphatic carbocycles. The van der Waals surface area contributed by atoms with Crippen molar-refractivity contribution in [3.8, 4) is 0 Å². The van der Waals surface area contributed by atoms with Gasteiger partial charge in [-0.2, -0.15) is 0 Å². The van der Waals surface area contributed by atoms with Gasteiger partial charge in [-0.05, 0) is 13.0 Å². The van der Waals surface area contributed by atoms with Crippen LogP contribution < -0.4 is 11.5 Å². The van der Waals surface area contributed by atoms with E-state index >= 15 is 0 Å². The minimum absolute atomic E-state index is 0.120. The molecule has 1 heterocycles. The van der Waals surface area contributed by atoms with Gasteiger partial charge >= 0.3 is 5.97 Å². The lowest BCUT2D eigenvalue weighted by atomic mass is 9.83. The number of hydrogen-bond donors (Lipinski definition) is 6. The van der Waals surface area contributed by atoms with E-state index in [1.54, 1.807) is 0 Å². The number of ketones is 1. The third kappa shape index (κ3) is 4.91. The number of carboxylic acid groups (broad SMARTS) is 1. The van der Waals surface area contributed by atoms with E-state index in [0.717, 1.165) is 6.08 Å². The lowest BCUT2D eigenvalue weighted by Gasteiger charge is -2.38. The molecule has 0 amide bonds. The first-order chi connectivity index (χ1) is 10.7. The largest absolute Gasteiger partial charge is 0.480 e. The Balaban J connectivity index is 3.28. The smallest absolute Gasteiger partial charge is 0.370 e. The van der Waals surface area contributed by atoms with Crippen LogP contribution in [0.4, 0.5) is 0 Å². The lowest BCUT2D eigenvalue weighted by molar-refractivity contribution is -0.148. The summed E-state index contributed by atoms with van der Waals surface area (Å²) in [6.45, 7) is 0.530. The monoisotopic (exact) mass is 331 g/mol. The minimum Gasteiger partial charge on any atom is -0.480 e. The number of nitrogens with two attached hydrogens (primary N) is 2. The Kier molecular flexibility index (Phi) is 6.49. The normalized spacial score (nSPS) is 26.4. The lowest BCUT2D eigenvalue weighted by Crippen LogP contribution is -2.51. The summed E-state index contributed by atoms with van der Waals surface area (Å²) >= 11 is 0. The summed E-state index contributed by atoms with van der Waals surface area (Å²) < 4.78 is 5.20. The predicted octanol–water partition coefficient (Wildman–Crippen LogP) is -2.69. The van der Waals surface area contributed by atoms with Crippen molar-refractivity contribution < 1.29 is 34.8 Å². The number of aliphatic hydroxyl groups excluding tert-OH is 3. The topological polar surface area (TPSA) is 189 Å². The molecule has 23 heavy (non-hydrogen) atoms. The highest BCUT2D eigenvalue weighted by atomic mass is 16.5. The molecule has 0 aromatic heterocycles. The van der Waals surface area contributed by atoms with Gasteiger partial charge in [-0.1, -0.05) is 0 Å². The number of hydrogen-bond acceptors (Lipinski definition) is 7. The molecule has 1 aliphatic rings. The van der Waals surface area contributed by atoms with Crippen LogP contribution in [0, 0.1) is 5.92 Å². The summed E-state index contributed by atoms with van der Waals surface area (Å²) in [4.78, 5) is 26.5. The maximum atomic E-state index is 11.5. The van der Waals surface area contributed by atoms with Gasteiger partial charge in [0.25, 0.3) is 0 Å². The third-order valence-corrected chi connectivity index (χ3v) is 3.40. The summed E-state index contributed by atoms with van der Waals surface area (Å²) in [5, 5.41) is 37.8. The number of carbonyl (C=O) groups is 2.